The van der Waals surface area contributed by atoms with E-state index in [1.165, 1.54) is 12.3 Å². The van der Waals surface area contributed by atoms with Gasteiger partial charge < -0.3 is 24.7 Å². The number of furan rings is 1. The van der Waals surface area contributed by atoms with E-state index in [2.05, 4.69) is 17.1 Å². The first-order valence-corrected chi connectivity index (χ1v) is 9.04. The van der Waals surface area contributed by atoms with Crippen molar-refractivity contribution in [2.45, 2.75) is 31.7 Å². The molecule has 2 aromatic rings. The summed E-state index contributed by atoms with van der Waals surface area (Å²) >= 11 is 0. The van der Waals surface area contributed by atoms with Gasteiger partial charge in [0.15, 0.2) is 0 Å². The minimum atomic E-state index is -0.716. The molecule has 1 saturated heterocycles. The van der Waals surface area contributed by atoms with Crippen molar-refractivity contribution >= 4 is 5.91 Å². The zero-order chi connectivity index (χ0) is 19.3. The maximum Gasteiger partial charge on any atom is 0.254 e. The molecule has 3 rings (SSSR count). The number of benzene rings is 1. The average molecular weight is 374 g/mol. The Labute approximate surface area is 158 Å². The predicted molar refractivity (Wildman–Crippen MR) is 99.0 cm³/mol. The standard InChI is InChI=1S/C20H26N2O5/c1-15-10-26-14-20(13-24,22(15)8-16-5-3-2-4-6-16)12-21-19(25)17-7-18(9-23)27-11-17/h2-7,11,15,23-24H,8-10,12-14H2,1H3,(H,21,25)/t15-,20+/m1/s1. The van der Waals surface area contributed by atoms with E-state index in [9.17, 15) is 9.90 Å². The van der Waals surface area contributed by atoms with Gasteiger partial charge >= 0.3 is 0 Å². The maximum absolute atomic E-state index is 12.4. The van der Waals surface area contributed by atoms with Gasteiger partial charge in [0.25, 0.3) is 5.91 Å². The summed E-state index contributed by atoms with van der Waals surface area (Å²) in [5.74, 6) is 0.0153. The lowest BCUT2D eigenvalue weighted by atomic mass is 9.94. The monoisotopic (exact) mass is 374 g/mol. The Morgan fingerprint density at radius 3 is 2.78 bits per heavy atom. The highest BCUT2D eigenvalue weighted by molar-refractivity contribution is 5.94. The number of carbonyl (C=O) groups is 1. The van der Waals surface area contributed by atoms with Crippen LogP contribution in [-0.2, 0) is 17.9 Å². The SMILES string of the molecule is C[C@@H]1COC[C@@](CO)(CNC(=O)c2coc(CO)c2)N1Cc1ccccc1. The molecule has 1 aliphatic heterocycles. The molecule has 2 atom stereocenters. The number of nitrogens with one attached hydrogen (secondary N) is 1. The molecule has 0 bridgehead atoms. The van der Waals surface area contributed by atoms with Crippen LogP contribution >= 0.6 is 0 Å². The van der Waals surface area contributed by atoms with Gasteiger partial charge in [0.2, 0.25) is 0 Å². The quantitative estimate of drug-likeness (QED) is 0.673. The van der Waals surface area contributed by atoms with Crippen LogP contribution in [-0.4, -0.2) is 59.0 Å². The van der Waals surface area contributed by atoms with E-state index < -0.39 is 5.54 Å². The number of amides is 1. The van der Waals surface area contributed by atoms with Crippen molar-refractivity contribution in [2.75, 3.05) is 26.4 Å². The second-order valence-electron chi connectivity index (χ2n) is 7.00. The molecular weight excluding hydrogens is 348 g/mol. The molecule has 1 aromatic heterocycles. The lowest BCUT2D eigenvalue weighted by Gasteiger charge is -2.49. The number of aliphatic hydroxyl groups is 2. The van der Waals surface area contributed by atoms with Gasteiger partial charge in [-0.05, 0) is 18.6 Å². The second kappa shape index (κ2) is 8.67. The van der Waals surface area contributed by atoms with Gasteiger partial charge in [-0.15, -0.1) is 0 Å². The number of carbonyl (C=O) groups excluding carboxylic acids is 1. The molecule has 3 N–H and O–H groups in total. The van der Waals surface area contributed by atoms with E-state index in [1.54, 1.807) is 0 Å². The van der Waals surface area contributed by atoms with E-state index in [4.69, 9.17) is 14.3 Å². The Morgan fingerprint density at radius 1 is 1.33 bits per heavy atom. The van der Waals surface area contributed by atoms with Crippen LogP contribution in [0.15, 0.2) is 47.1 Å². The molecule has 27 heavy (non-hydrogen) atoms. The first-order chi connectivity index (χ1) is 13.1. The molecule has 0 aliphatic carbocycles. The molecule has 1 fully saturated rings. The van der Waals surface area contributed by atoms with Gasteiger partial charge in [-0.25, -0.2) is 0 Å². The van der Waals surface area contributed by atoms with Gasteiger partial charge in [-0.1, -0.05) is 30.3 Å². The molecule has 1 aromatic carbocycles. The highest BCUT2D eigenvalue weighted by Gasteiger charge is 2.43. The molecule has 0 unspecified atom stereocenters. The van der Waals surface area contributed by atoms with Crippen LogP contribution in [0.5, 0.6) is 0 Å². The molecule has 0 radical (unpaired) electrons. The van der Waals surface area contributed by atoms with Crippen LogP contribution in [0.3, 0.4) is 0 Å². The number of ether oxygens (including phenoxy) is 1. The van der Waals surface area contributed by atoms with Crippen LogP contribution in [0.25, 0.3) is 0 Å². The third kappa shape index (κ3) is 4.39. The Hall–Kier alpha value is -2.19. The third-order valence-electron chi connectivity index (χ3n) is 5.01. The number of hydrogen-bond acceptors (Lipinski definition) is 6. The van der Waals surface area contributed by atoms with Crippen molar-refractivity contribution in [1.29, 1.82) is 0 Å². The Bertz CT molecular complexity index is 748. The molecule has 7 heteroatoms. The largest absolute Gasteiger partial charge is 0.466 e. The zero-order valence-corrected chi connectivity index (χ0v) is 15.4. The van der Waals surface area contributed by atoms with E-state index in [-0.39, 0.29) is 31.7 Å². The van der Waals surface area contributed by atoms with Gasteiger partial charge in [-0.2, -0.15) is 0 Å². The van der Waals surface area contributed by atoms with Gasteiger partial charge in [0, 0.05) is 19.1 Å². The van der Waals surface area contributed by atoms with E-state index in [0.717, 1.165) is 5.56 Å². The molecule has 2 heterocycles. The summed E-state index contributed by atoms with van der Waals surface area (Å²) in [5.41, 5.74) is 0.761. The maximum atomic E-state index is 12.4. The lowest BCUT2D eigenvalue weighted by molar-refractivity contribution is -0.121. The summed E-state index contributed by atoms with van der Waals surface area (Å²) in [6.45, 7) is 3.44. The fourth-order valence-electron chi connectivity index (χ4n) is 3.44. The molecule has 1 aliphatic rings. The Morgan fingerprint density at radius 2 is 2.11 bits per heavy atom. The molecule has 1 amide bonds. The van der Waals surface area contributed by atoms with Crippen LogP contribution in [0.2, 0.25) is 0 Å². The number of rotatable bonds is 7. The van der Waals surface area contributed by atoms with Crippen LogP contribution in [0.4, 0.5) is 0 Å². The summed E-state index contributed by atoms with van der Waals surface area (Å²) in [5, 5.41) is 22.1. The molecule has 0 saturated carbocycles. The summed E-state index contributed by atoms with van der Waals surface area (Å²) < 4.78 is 10.8. The average Bonchev–Trinajstić information content (AvgIpc) is 3.18. The minimum absolute atomic E-state index is 0.0953. The Kier molecular flexibility index (Phi) is 6.28. The first-order valence-electron chi connectivity index (χ1n) is 9.04. The topological polar surface area (TPSA) is 95.2 Å². The van der Waals surface area contributed by atoms with Crippen molar-refractivity contribution < 1.29 is 24.2 Å². The highest BCUT2D eigenvalue weighted by atomic mass is 16.5. The fourth-order valence-corrected chi connectivity index (χ4v) is 3.44. The van der Waals surface area contributed by atoms with Gasteiger partial charge in [-0.3, -0.25) is 9.69 Å². The van der Waals surface area contributed by atoms with Crippen molar-refractivity contribution in [3.63, 3.8) is 0 Å². The molecule has 7 nitrogen and oxygen atoms in total. The number of morpholine rings is 1. The predicted octanol–water partition coefficient (Wildman–Crippen LogP) is 1.15. The van der Waals surface area contributed by atoms with Crippen LogP contribution in [0.1, 0.15) is 28.6 Å². The summed E-state index contributed by atoms with van der Waals surface area (Å²) in [6.07, 6.45) is 1.31. The first kappa shape index (κ1) is 19.6. The Balaban J connectivity index is 1.74. The van der Waals surface area contributed by atoms with Gasteiger partial charge in [0.1, 0.15) is 18.6 Å². The summed E-state index contributed by atoms with van der Waals surface area (Å²) in [7, 11) is 0. The number of hydrogen-bond donors (Lipinski definition) is 3. The fraction of sp³-hybridized carbons (Fsp3) is 0.450. The van der Waals surface area contributed by atoms with Crippen molar-refractivity contribution in [3.8, 4) is 0 Å². The zero-order valence-electron chi connectivity index (χ0n) is 15.4. The third-order valence-corrected chi connectivity index (χ3v) is 5.01. The van der Waals surface area contributed by atoms with Crippen molar-refractivity contribution in [1.82, 2.24) is 10.2 Å². The summed E-state index contributed by atoms with van der Waals surface area (Å²) in [4.78, 5) is 14.6. The summed E-state index contributed by atoms with van der Waals surface area (Å²) in [6, 6.07) is 11.6. The molecular formula is C20H26N2O5. The number of nitrogens with zero attached hydrogens (tertiary/aromatic N) is 1. The van der Waals surface area contributed by atoms with Crippen molar-refractivity contribution in [3.05, 3.63) is 59.5 Å². The minimum Gasteiger partial charge on any atom is -0.466 e. The highest BCUT2D eigenvalue weighted by Crippen LogP contribution is 2.26. The van der Waals surface area contributed by atoms with Crippen molar-refractivity contribution in [2.24, 2.45) is 0 Å². The van der Waals surface area contributed by atoms with Gasteiger partial charge in [0.05, 0.1) is 30.9 Å². The van der Waals surface area contributed by atoms with E-state index >= 15 is 0 Å². The smallest absolute Gasteiger partial charge is 0.254 e. The lowest BCUT2D eigenvalue weighted by Crippen LogP contribution is -2.66. The van der Waals surface area contributed by atoms with E-state index in [1.807, 2.05) is 30.3 Å². The number of aliphatic hydroxyl groups excluding tert-OH is 2. The van der Waals surface area contributed by atoms with Crippen LogP contribution in [0, 0.1) is 0 Å². The normalized spacial score (nSPS) is 23.3. The molecule has 0 spiro atoms. The molecule has 146 valence electrons. The second-order valence-corrected chi connectivity index (χ2v) is 7.00. The van der Waals surface area contributed by atoms with Crippen LogP contribution < -0.4 is 5.32 Å². The van der Waals surface area contributed by atoms with E-state index in [0.29, 0.717) is 31.1 Å².